The van der Waals surface area contributed by atoms with Gasteiger partial charge in [0.25, 0.3) is 5.91 Å². The van der Waals surface area contributed by atoms with Gasteiger partial charge in [0, 0.05) is 25.4 Å². The molecule has 1 aromatic carbocycles. The summed E-state index contributed by atoms with van der Waals surface area (Å²) in [4.78, 5) is 31.5. The van der Waals surface area contributed by atoms with Gasteiger partial charge in [-0.1, -0.05) is 29.8 Å². The molecule has 0 saturated carbocycles. The quantitative estimate of drug-likeness (QED) is 0.656. The molecule has 6 nitrogen and oxygen atoms in total. The Morgan fingerprint density at radius 2 is 1.79 bits per heavy atom. The minimum atomic E-state index is -0.342. The van der Waals surface area contributed by atoms with Crippen molar-refractivity contribution >= 4 is 40.8 Å². The van der Waals surface area contributed by atoms with Crippen LogP contribution in [0.2, 0.25) is 5.15 Å². The number of para-hydroxylation sites is 1. The Bertz CT molecular complexity index is 1080. The Labute approximate surface area is 173 Å². The number of benzene rings is 1. The molecule has 2 amide bonds. The second-order valence-corrected chi connectivity index (χ2v) is 7.30. The molecule has 0 bridgehead atoms. The highest BCUT2D eigenvalue weighted by molar-refractivity contribution is 6.31. The van der Waals surface area contributed by atoms with E-state index in [9.17, 15) is 9.59 Å². The molecule has 1 aliphatic heterocycles. The number of nitrogens with one attached hydrogen (secondary N) is 1. The van der Waals surface area contributed by atoms with Crippen molar-refractivity contribution in [1.82, 2.24) is 14.3 Å². The number of carbonyl (C=O) groups is 2. The number of nitrogens with zero attached hydrogens (tertiary/aromatic N) is 3. The maximum atomic E-state index is 12.9. The average molecular weight is 409 g/mol. The Kier molecular flexibility index (Phi) is 5.62. The summed E-state index contributed by atoms with van der Waals surface area (Å²) in [5.74, 6) is -0.389. The molecule has 0 unspecified atom stereocenters. The smallest absolute Gasteiger partial charge is 0.255 e. The molecule has 3 heterocycles. The summed E-state index contributed by atoms with van der Waals surface area (Å²) in [6.07, 6.45) is 8.03. The maximum Gasteiger partial charge on any atom is 0.255 e. The van der Waals surface area contributed by atoms with Crippen molar-refractivity contribution in [2.24, 2.45) is 0 Å². The molecular formula is C22H21ClN4O2. The third-order valence-corrected chi connectivity index (χ3v) is 5.25. The monoisotopic (exact) mass is 408 g/mol. The molecule has 0 atom stereocenters. The highest BCUT2D eigenvalue weighted by Gasteiger charge is 2.21. The highest BCUT2D eigenvalue weighted by atomic mass is 35.5. The van der Waals surface area contributed by atoms with Crippen LogP contribution in [0.4, 0.5) is 5.69 Å². The van der Waals surface area contributed by atoms with Crippen LogP contribution >= 0.6 is 11.6 Å². The lowest BCUT2D eigenvalue weighted by atomic mass is 10.1. The van der Waals surface area contributed by atoms with Gasteiger partial charge < -0.3 is 10.2 Å². The van der Waals surface area contributed by atoms with Gasteiger partial charge in [-0.3, -0.25) is 14.0 Å². The first kappa shape index (κ1) is 19.2. The van der Waals surface area contributed by atoms with E-state index in [2.05, 4.69) is 10.3 Å². The summed E-state index contributed by atoms with van der Waals surface area (Å²) in [6, 6.07) is 12.7. The van der Waals surface area contributed by atoms with Crippen LogP contribution in [0.25, 0.3) is 11.7 Å². The number of rotatable bonds is 4. The standard InChI is InChI=1S/C22H21ClN4O2/c23-21-18(27-15-7-4-10-19(27)25-21)11-12-20(28)24-17-9-3-2-8-16(17)22(29)26-13-5-1-6-14-26/h2-4,7-12,15H,1,5-6,13-14H2,(H,24,28)/b12-11+. The maximum absolute atomic E-state index is 12.9. The zero-order chi connectivity index (χ0) is 20.2. The van der Waals surface area contributed by atoms with Crippen molar-refractivity contribution in [2.45, 2.75) is 19.3 Å². The molecule has 1 fully saturated rings. The summed E-state index contributed by atoms with van der Waals surface area (Å²) >= 11 is 6.20. The first-order valence-corrected chi connectivity index (χ1v) is 10.0. The highest BCUT2D eigenvalue weighted by Crippen LogP contribution is 2.21. The van der Waals surface area contributed by atoms with Gasteiger partial charge in [-0.2, -0.15) is 0 Å². The Morgan fingerprint density at radius 1 is 1.03 bits per heavy atom. The fraction of sp³-hybridized carbons (Fsp3) is 0.227. The van der Waals surface area contributed by atoms with Crippen molar-refractivity contribution in [3.63, 3.8) is 0 Å². The Balaban J connectivity index is 1.52. The van der Waals surface area contributed by atoms with E-state index >= 15 is 0 Å². The lowest BCUT2D eigenvalue weighted by Crippen LogP contribution is -2.36. The Morgan fingerprint density at radius 3 is 2.62 bits per heavy atom. The molecule has 0 spiro atoms. The van der Waals surface area contributed by atoms with Crippen LogP contribution in [-0.2, 0) is 4.79 Å². The number of carbonyl (C=O) groups excluding carboxylic acids is 2. The number of fused-ring (bicyclic) bond motifs is 1. The molecule has 29 heavy (non-hydrogen) atoms. The number of halogens is 1. The number of aromatic nitrogens is 2. The van der Waals surface area contributed by atoms with Crippen LogP contribution in [0.3, 0.4) is 0 Å². The fourth-order valence-corrected chi connectivity index (χ4v) is 3.75. The summed E-state index contributed by atoms with van der Waals surface area (Å²) in [5.41, 5.74) is 2.33. The van der Waals surface area contributed by atoms with E-state index in [0.29, 0.717) is 27.7 Å². The predicted octanol–water partition coefficient (Wildman–Crippen LogP) is 4.27. The zero-order valence-electron chi connectivity index (χ0n) is 15.8. The number of amides is 2. The third-order valence-electron chi connectivity index (χ3n) is 4.97. The molecule has 0 aliphatic carbocycles. The Hall–Kier alpha value is -3.12. The zero-order valence-corrected chi connectivity index (χ0v) is 16.6. The first-order chi connectivity index (χ1) is 14.1. The van der Waals surface area contributed by atoms with Crippen LogP contribution in [0.15, 0.2) is 54.7 Å². The van der Waals surface area contributed by atoms with E-state index in [-0.39, 0.29) is 11.8 Å². The molecule has 1 aliphatic rings. The molecule has 148 valence electrons. The fourth-order valence-electron chi connectivity index (χ4n) is 3.51. The number of hydrogen-bond acceptors (Lipinski definition) is 3. The minimum absolute atomic E-state index is 0.0468. The van der Waals surface area contributed by atoms with E-state index in [4.69, 9.17) is 11.6 Å². The number of piperidine rings is 1. The van der Waals surface area contributed by atoms with E-state index in [1.54, 1.807) is 34.7 Å². The van der Waals surface area contributed by atoms with E-state index < -0.39 is 0 Å². The normalized spacial score (nSPS) is 14.4. The van der Waals surface area contributed by atoms with Crippen LogP contribution in [-0.4, -0.2) is 39.2 Å². The third kappa shape index (κ3) is 4.17. The summed E-state index contributed by atoms with van der Waals surface area (Å²) in [6.45, 7) is 1.52. The summed E-state index contributed by atoms with van der Waals surface area (Å²) in [7, 11) is 0. The first-order valence-electron chi connectivity index (χ1n) is 9.63. The molecule has 3 aromatic rings. The van der Waals surface area contributed by atoms with Gasteiger partial charge in [0.2, 0.25) is 5.91 Å². The molecule has 4 rings (SSSR count). The van der Waals surface area contributed by atoms with Gasteiger partial charge in [-0.15, -0.1) is 0 Å². The average Bonchev–Trinajstić information content (AvgIpc) is 3.07. The largest absolute Gasteiger partial charge is 0.339 e. The van der Waals surface area contributed by atoms with E-state index in [1.807, 2.05) is 29.3 Å². The van der Waals surface area contributed by atoms with Gasteiger partial charge in [0.15, 0.2) is 5.15 Å². The number of hydrogen-bond donors (Lipinski definition) is 1. The van der Waals surface area contributed by atoms with Crippen molar-refractivity contribution < 1.29 is 9.59 Å². The number of likely N-dealkylation sites (tertiary alicyclic amines) is 1. The topological polar surface area (TPSA) is 66.7 Å². The predicted molar refractivity (Wildman–Crippen MR) is 114 cm³/mol. The second kappa shape index (κ2) is 8.49. The van der Waals surface area contributed by atoms with Gasteiger partial charge >= 0.3 is 0 Å². The minimum Gasteiger partial charge on any atom is -0.339 e. The summed E-state index contributed by atoms with van der Waals surface area (Å²) < 4.78 is 1.81. The number of pyridine rings is 1. The second-order valence-electron chi connectivity index (χ2n) is 6.94. The van der Waals surface area contributed by atoms with E-state index in [0.717, 1.165) is 32.4 Å². The van der Waals surface area contributed by atoms with Crippen molar-refractivity contribution in [3.05, 3.63) is 71.1 Å². The lowest BCUT2D eigenvalue weighted by molar-refractivity contribution is -0.111. The molecule has 1 saturated heterocycles. The van der Waals surface area contributed by atoms with Gasteiger partial charge in [-0.05, 0) is 49.6 Å². The van der Waals surface area contributed by atoms with Crippen LogP contribution in [0, 0.1) is 0 Å². The van der Waals surface area contributed by atoms with Crippen molar-refractivity contribution in [2.75, 3.05) is 18.4 Å². The number of anilines is 1. The lowest BCUT2D eigenvalue weighted by Gasteiger charge is -2.27. The van der Waals surface area contributed by atoms with Crippen molar-refractivity contribution in [3.8, 4) is 0 Å². The van der Waals surface area contributed by atoms with Gasteiger partial charge in [-0.25, -0.2) is 4.98 Å². The van der Waals surface area contributed by atoms with Crippen LogP contribution in [0.1, 0.15) is 35.3 Å². The molecular weight excluding hydrogens is 388 g/mol. The van der Waals surface area contributed by atoms with Crippen LogP contribution in [0.5, 0.6) is 0 Å². The molecule has 7 heteroatoms. The molecule has 1 N–H and O–H groups in total. The van der Waals surface area contributed by atoms with Gasteiger partial charge in [0.05, 0.1) is 16.9 Å². The molecule has 0 radical (unpaired) electrons. The van der Waals surface area contributed by atoms with Crippen LogP contribution < -0.4 is 5.32 Å². The van der Waals surface area contributed by atoms with Crippen molar-refractivity contribution in [1.29, 1.82) is 0 Å². The SMILES string of the molecule is O=C(/C=C/c1c(Cl)nc2ccccn12)Nc1ccccc1C(=O)N1CCCCC1. The van der Waals surface area contributed by atoms with E-state index in [1.165, 1.54) is 6.08 Å². The van der Waals surface area contributed by atoms with Gasteiger partial charge in [0.1, 0.15) is 5.65 Å². The number of imidazole rings is 1. The summed E-state index contributed by atoms with van der Waals surface area (Å²) in [5, 5.41) is 3.13. The molecule has 2 aromatic heterocycles.